The number of rotatable bonds is 6. The average Bonchev–Trinajstić information content (AvgIpc) is 2.98. The Bertz CT molecular complexity index is 1190. The molecule has 0 aliphatic carbocycles. The lowest BCUT2D eigenvalue weighted by Crippen LogP contribution is -2.16. The fraction of sp³-hybridized carbons (Fsp3) is 0.250. The van der Waals surface area contributed by atoms with E-state index < -0.39 is 17.5 Å². The Kier molecular flexibility index (Phi) is 6.06. The van der Waals surface area contributed by atoms with Gasteiger partial charge in [-0.3, -0.25) is 14.9 Å². The predicted molar refractivity (Wildman–Crippen MR) is 117 cm³/mol. The summed E-state index contributed by atoms with van der Waals surface area (Å²) in [6.45, 7) is 8.82. The number of hydrogen-bond acceptors (Lipinski definition) is 5. The number of benzene rings is 2. The Morgan fingerprint density at radius 3 is 2.23 bits per heavy atom. The molecule has 3 rings (SSSR count). The molecule has 0 N–H and O–H groups in total. The Morgan fingerprint density at radius 1 is 0.968 bits per heavy atom. The largest absolute Gasteiger partial charge is 0.454 e. The van der Waals surface area contributed by atoms with Gasteiger partial charge in [0.05, 0.1) is 4.92 Å². The van der Waals surface area contributed by atoms with Crippen molar-refractivity contribution in [2.45, 2.75) is 34.6 Å². The van der Waals surface area contributed by atoms with E-state index in [4.69, 9.17) is 4.74 Å². The molecular weight excluding hydrogens is 396 g/mol. The lowest BCUT2D eigenvalue weighted by atomic mass is 10.1. The molecule has 0 aliphatic rings. The van der Waals surface area contributed by atoms with E-state index in [1.165, 1.54) is 12.1 Å². The quantitative estimate of drug-likeness (QED) is 0.243. The van der Waals surface area contributed by atoms with Gasteiger partial charge < -0.3 is 9.30 Å². The lowest BCUT2D eigenvalue weighted by molar-refractivity contribution is -0.385. The van der Waals surface area contributed by atoms with Gasteiger partial charge in [-0.25, -0.2) is 4.79 Å². The van der Waals surface area contributed by atoms with Crippen LogP contribution in [0.15, 0.2) is 42.5 Å². The maximum absolute atomic E-state index is 12.8. The summed E-state index contributed by atoms with van der Waals surface area (Å²) in [4.78, 5) is 35.9. The van der Waals surface area contributed by atoms with E-state index in [0.29, 0.717) is 11.1 Å². The van der Waals surface area contributed by atoms with E-state index in [-0.39, 0.29) is 17.0 Å². The van der Waals surface area contributed by atoms with Gasteiger partial charge in [0.25, 0.3) is 5.69 Å². The second-order valence-corrected chi connectivity index (χ2v) is 7.69. The van der Waals surface area contributed by atoms with Gasteiger partial charge in [-0.05, 0) is 70.0 Å². The molecule has 2 aromatic carbocycles. The number of aryl methyl sites for hydroxylation is 4. The second kappa shape index (κ2) is 8.55. The fourth-order valence-electron chi connectivity index (χ4n) is 3.87. The first kappa shape index (κ1) is 22.0. The maximum atomic E-state index is 12.8. The van der Waals surface area contributed by atoms with Gasteiger partial charge >= 0.3 is 5.97 Å². The minimum atomic E-state index is -0.896. The summed E-state index contributed by atoms with van der Waals surface area (Å²) in [6.07, 6.45) is 0. The van der Waals surface area contributed by atoms with E-state index >= 15 is 0 Å². The summed E-state index contributed by atoms with van der Waals surface area (Å²) < 4.78 is 7.12. The standard InChI is InChI=1S/C24H24N2O5/c1-14-9-15(2)11-19(10-14)25-17(4)12-21(18(25)5)22(27)13-31-24(28)20-8-6-7-16(3)23(20)26(29)30/h6-12H,13H2,1-5H3. The average molecular weight is 420 g/mol. The third-order valence-corrected chi connectivity index (χ3v) is 5.17. The molecule has 1 heterocycles. The molecule has 7 heteroatoms. The van der Waals surface area contributed by atoms with E-state index in [0.717, 1.165) is 28.2 Å². The summed E-state index contributed by atoms with van der Waals surface area (Å²) in [6, 6.07) is 12.3. The van der Waals surface area contributed by atoms with Crippen molar-refractivity contribution in [1.29, 1.82) is 0 Å². The third-order valence-electron chi connectivity index (χ3n) is 5.17. The molecule has 160 valence electrons. The molecule has 3 aromatic rings. The van der Waals surface area contributed by atoms with Gasteiger partial charge in [-0.2, -0.15) is 0 Å². The maximum Gasteiger partial charge on any atom is 0.345 e. The van der Waals surface area contributed by atoms with Crippen molar-refractivity contribution in [3.63, 3.8) is 0 Å². The zero-order chi connectivity index (χ0) is 22.9. The van der Waals surface area contributed by atoms with Crippen LogP contribution in [-0.2, 0) is 4.74 Å². The van der Waals surface area contributed by atoms with E-state index in [2.05, 4.69) is 6.07 Å². The highest BCUT2D eigenvalue weighted by Crippen LogP contribution is 2.25. The molecule has 0 saturated heterocycles. The van der Waals surface area contributed by atoms with Crippen LogP contribution in [0.1, 0.15) is 48.8 Å². The van der Waals surface area contributed by atoms with Gasteiger partial charge in [0.1, 0.15) is 5.56 Å². The van der Waals surface area contributed by atoms with Gasteiger partial charge in [0.15, 0.2) is 6.61 Å². The number of esters is 1. The minimum absolute atomic E-state index is 0.168. The van der Waals surface area contributed by atoms with Crippen LogP contribution >= 0.6 is 0 Å². The first-order chi connectivity index (χ1) is 14.6. The summed E-state index contributed by atoms with van der Waals surface area (Å²) in [5.41, 5.74) is 5.13. The topological polar surface area (TPSA) is 91.4 Å². The molecule has 0 atom stereocenters. The van der Waals surface area contributed by atoms with Gasteiger partial charge in [-0.15, -0.1) is 0 Å². The highest BCUT2D eigenvalue weighted by molar-refractivity contribution is 6.01. The monoisotopic (exact) mass is 420 g/mol. The van der Waals surface area contributed by atoms with Crippen molar-refractivity contribution in [2.75, 3.05) is 6.61 Å². The van der Waals surface area contributed by atoms with Crippen LogP contribution < -0.4 is 0 Å². The Morgan fingerprint density at radius 2 is 1.61 bits per heavy atom. The second-order valence-electron chi connectivity index (χ2n) is 7.69. The van der Waals surface area contributed by atoms with E-state index in [1.54, 1.807) is 19.1 Å². The zero-order valence-electron chi connectivity index (χ0n) is 18.2. The molecule has 0 aliphatic heterocycles. The van der Waals surface area contributed by atoms with E-state index in [1.807, 2.05) is 44.4 Å². The minimum Gasteiger partial charge on any atom is -0.454 e. The number of carbonyl (C=O) groups is 2. The number of ether oxygens (including phenoxy) is 1. The highest BCUT2D eigenvalue weighted by atomic mass is 16.6. The number of ketones is 1. The number of carbonyl (C=O) groups excluding carboxylic acids is 2. The third kappa shape index (κ3) is 4.40. The summed E-state index contributed by atoms with van der Waals surface area (Å²) >= 11 is 0. The number of Topliss-reactive ketones (excluding diaryl/α,β-unsaturated/α-hetero) is 1. The van der Waals surface area contributed by atoms with Crippen LogP contribution in [0.25, 0.3) is 5.69 Å². The van der Waals surface area contributed by atoms with Crippen LogP contribution in [0.5, 0.6) is 0 Å². The Labute approximate surface area is 180 Å². The highest BCUT2D eigenvalue weighted by Gasteiger charge is 2.25. The van der Waals surface area contributed by atoms with Crippen molar-refractivity contribution < 1.29 is 19.2 Å². The SMILES string of the molecule is Cc1cc(C)cc(-n2c(C)cc(C(=O)COC(=O)c3cccc(C)c3[N+](=O)[O-])c2C)c1. The van der Waals surface area contributed by atoms with Gasteiger partial charge in [0, 0.05) is 28.2 Å². The number of nitro benzene ring substituents is 1. The van der Waals surface area contributed by atoms with Crippen molar-refractivity contribution >= 4 is 17.4 Å². The summed E-state index contributed by atoms with van der Waals surface area (Å²) in [5.74, 6) is -1.26. The first-order valence-corrected chi connectivity index (χ1v) is 9.82. The molecule has 0 saturated carbocycles. The van der Waals surface area contributed by atoms with Crippen LogP contribution in [0, 0.1) is 44.7 Å². The molecule has 1 aromatic heterocycles. The van der Waals surface area contributed by atoms with Crippen molar-refractivity contribution in [1.82, 2.24) is 4.57 Å². The molecule has 0 bridgehead atoms. The molecule has 31 heavy (non-hydrogen) atoms. The van der Waals surface area contributed by atoms with Gasteiger partial charge in [0.2, 0.25) is 5.78 Å². The summed E-state index contributed by atoms with van der Waals surface area (Å²) in [7, 11) is 0. The molecular formula is C24H24N2O5. The Hall–Kier alpha value is -3.74. The zero-order valence-corrected chi connectivity index (χ0v) is 18.2. The van der Waals surface area contributed by atoms with Crippen LogP contribution in [0.4, 0.5) is 5.69 Å². The van der Waals surface area contributed by atoms with Crippen LogP contribution in [0.3, 0.4) is 0 Å². The Balaban J connectivity index is 1.83. The van der Waals surface area contributed by atoms with Crippen LogP contribution in [0.2, 0.25) is 0 Å². The van der Waals surface area contributed by atoms with Crippen molar-refractivity contribution in [3.8, 4) is 5.69 Å². The van der Waals surface area contributed by atoms with Crippen molar-refractivity contribution in [2.24, 2.45) is 0 Å². The number of nitro groups is 1. The molecule has 0 amide bonds. The van der Waals surface area contributed by atoms with Crippen molar-refractivity contribution in [3.05, 3.63) is 91.8 Å². The number of aromatic nitrogens is 1. The summed E-state index contributed by atoms with van der Waals surface area (Å²) in [5, 5.41) is 11.3. The number of nitrogens with zero attached hydrogens (tertiary/aromatic N) is 2. The first-order valence-electron chi connectivity index (χ1n) is 9.82. The van der Waals surface area contributed by atoms with Gasteiger partial charge in [-0.1, -0.05) is 18.2 Å². The molecule has 0 fully saturated rings. The molecule has 0 radical (unpaired) electrons. The lowest BCUT2D eigenvalue weighted by Gasteiger charge is -2.12. The van der Waals surface area contributed by atoms with Crippen LogP contribution in [-0.4, -0.2) is 27.8 Å². The normalized spacial score (nSPS) is 10.7. The van der Waals surface area contributed by atoms with E-state index in [9.17, 15) is 19.7 Å². The molecule has 0 spiro atoms. The number of hydrogen-bond donors (Lipinski definition) is 0. The fourth-order valence-corrected chi connectivity index (χ4v) is 3.87. The predicted octanol–water partition coefficient (Wildman–Crippen LogP) is 4.97. The molecule has 7 nitrogen and oxygen atoms in total. The number of para-hydroxylation sites is 1. The smallest absolute Gasteiger partial charge is 0.345 e. The molecule has 0 unspecified atom stereocenters.